The van der Waals surface area contributed by atoms with Gasteiger partial charge in [0, 0.05) is 5.54 Å². The number of nitrogens with one attached hydrogen (secondary N) is 1. The lowest BCUT2D eigenvalue weighted by Crippen LogP contribution is -2.40. The molecule has 2 nitrogen and oxygen atoms in total. The normalized spacial score (nSPS) is 23.3. The highest BCUT2D eigenvalue weighted by Gasteiger charge is 2.27. The van der Waals surface area contributed by atoms with Gasteiger partial charge in [0.1, 0.15) is 0 Å². The molecule has 3 N–H and O–H groups in total. The Hall–Kier alpha value is -0.0800. The molecule has 0 aromatic carbocycles. The van der Waals surface area contributed by atoms with Gasteiger partial charge in [0.15, 0.2) is 0 Å². The summed E-state index contributed by atoms with van der Waals surface area (Å²) in [6.45, 7) is 6.53. The lowest BCUT2D eigenvalue weighted by Gasteiger charge is -2.26. The van der Waals surface area contributed by atoms with Crippen LogP contribution in [0.5, 0.6) is 0 Å². The van der Waals surface area contributed by atoms with Crippen LogP contribution in [0.3, 0.4) is 0 Å². The van der Waals surface area contributed by atoms with Crippen molar-refractivity contribution < 1.29 is 0 Å². The van der Waals surface area contributed by atoms with E-state index in [0.717, 1.165) is 13.1 Å². The third kappa shape index (κ3) is 3.65. The van der Waals surface area contributed by atoms with E-state index in [1.54, 1.807) is 0 Å². The van der Waals surface area contributed by atoms with Crippen molar-refractivity contribution in [2.45, 2.75) is 51.5 Å². The molecule has 0 aromatic heterocycles. The van der Waals surface area contributed by atoms with E-state index in [1.807, 2.05) is 0 Å². The molecule has 0 bridgehead atoms. The van der Waals surface area contributed by atoms with Gasteiger partial charge in [-0.2, -0.15) is 0 Å². The summed E-state index contributed by atoms with van der Waals surface area (Å²) >= 11 is 0. The molecule has 1 saturated carbocycles. The molecular formula is C11H24N2. The predicted molar refractivity (Wildman–Crippen MR) is 57.7 cm³/mol. The summed E-state index contributed by atoms with van der Waals surface area (Å²) in [7, 11) is 0. The van der Waals surface area contributed by atoms with Crippen LogP contribution in [0.4, 0.5) is 0 Å². The van der Waals surface area contributed by atoms with E-state index < -0.39 is 0 Å². The van der Waals surface area contributed by atoms with Gasteiger partial charge < -0.3 is 11.1 Å². The summed E-state index contributed by atoms with van der Waals surface area (Å²) in [6, 6.07) is 0. The first-order valence-corrected chi connectivity index (χ1v) is 5.61. The average molecular weight is 184 g/mol. The fraction of sp³-hybridized carbons (Fsp3) is 1.00. The summed E-state index contributed by atoms with van der Waals surface area (Å²) in [5, 5.41) is 3.67. The van der Waals surface area contributed by atoms with Crippen LogP contribution in [0.2, 0.25) is 0 Å². The van der Waals surface area contributed by atoms with Gasteiger partial charge in [-0.05, 0) is 45.2 Å². The van der Waals surface area contributed by atoms with Crippen molar-refractivity contribution in [3.05, 3.63) is 0 Å². The van der Waals surface area contributed by atoms with Crippen LogP contribution in [-0.4, -0.2) is 18.6 Å². The van der Waals surface area contributed by atoms with Crippen molar-refractivity contribution in [2.75, 3.05) is 13.1 Å². The first kappa shape index (κ1) is 11.0. The summed E-state index contributed by atoms with van der Waals surface area (Å²) in [6.07, 6.45) is 6.71. The Morgan fingerprint density at radius 3 is 2.54 bits per heavy atom. The second kappa shape index (κ2) is 4.97. The SMILES string of the molecule is CC(CN)CCNC1(C)CCCC1. The minimum Gasteiger partial charge on any atom is -0.330 e. The summed E-state index contributed by atoms with van der Waals surface area (Å²) in [5.41, 5.74) is 6.01. The Balaban J connectivity index is 2.11. The molecule has 1 aliphatic carbocycles. The molecule has 0 heterocycles. The lowest BCUT2D eigenvalue weighted by molar-refractivity contribution is 0.348. The number of hydrogen-bond acceptors (Lipinski definition) is 2. The molecule has 0 spiro atoms. The van der Waals surface area contributed by atoms with Crippen molar-refractivity contribution in [3.8, 4) is 0 Å². The van der Waals surface area contributed by atoms with Gasteiger partial charge in [-0.3, -0.25) is 0 Å². The van der Waals surface area contributed by atoms with Crippen LogP contribution >= 0.6 is 0 Å². The minimum atomic E-state index is 0.439. The van der Waals surface area contributed by atoms with Crippen LogP contribution < -0.4 is 11.1 Å². The van der Waals surface area contributed by atoms with E-state index in [-0.39, 0.29) is 0 Å². The maximum atomic E-state index is 5.57. The highest BCUT2D eigenvalue weighted by Crippen LogP contribution is 2.28. The molecular weight excluding hydrogens is 160 g/mol. The monoisotopic (exact) mass is 184 g/mol. The number of nitrogens with two attached hydrogens (primary N) is 1. The standard InChI is InChI=1S/C11H24N2/c1-10(9-12)5-8-13-11(2)6-3-4-7-11/h10,13H,3-9,12H2,1-2H3. The fourth-order valence-electron chi connectivity index (χ4n) is 2.07. The van der Waals surface area contributed by atoms with Gasteiger partial charge in [0.2, 0.25) is 0 Å². The maximum absolute atomic E-state index is 5.57. The predicted octanol–water partition coefficient (Wildman–Crippen LogP) is 1.89. The van der Waals surface area contributed by atoms with Crippen LogP contribution in [0.1, 0.15) is 46.0 Å². The molecule has 13 heavy (non-hydrogen) atoms. The van der Waals surface area contributed by atoms with E-state index >= 15 is 0 Å². The summed E-state index contributed by atoms with van der Waals surface area (Å²) in [4.78, 5) is 0. The second-order valence-corrected chi connectivity index (χ2v) is 4.82. The van der Waals surface area contributed by atoms with E-state index in [0.29, 0.717) is 11.5 Å². The van der Waals surface area contributed by atoms with Crippen LogP contribution in [0.15, 0.2) is 0 Å². The molecule has 0 saturated heterocycles. The zero-order chi connectivity index (χ0) is 9.73. The third-order valence-corrected chi connectivity index (χ3v) is 3.30. The topological polar surface area (TPSA) is 38.0 Å². The van der Waals surface area contributed by atoms with Crippen molar-refractivity contribution >= 4 is 0 Å². The highest BCUT2D eigenvalue weighted by atomic mass is 15.0. The van der Waals surface area contributed by atoms with Gasteiger partial charge >= 0.3 is 0 Å². The zero-order valence-corrected chi connectivity index (χ0v) is 9.10. The highest BCUT2D eigenvalue weighted by molar-refractivity contribution is 4.87. The molecule has 0 amide bonds. The van der Waals surface area contributed by atoms with E-state index in [4.69, 9.17) is 5.73 Å². The minimum absolute atomic E-state index is 0.439. The molecule has 0 radical (unpaired) electrons. The quantitative estimate of drug-likeness (QED) is 0.685. The summed E-state index contributed by atoms with van der Waals surface area (Å²) in [5.74, 6) is 0.664. The Bertz CT molecular complexity index is 139. The van der Waals surface area contributed by atoms with E-state index in [1.165, 1.54) is 32.1 Å². The zero-order valence-electron chi connectivity index (χ0n) is 9.10. The third-order valence-electron chi connectivity index (χ3n) is 3.30. The Labute approximate surface area is 82.3 Å². The molecule has 0 aromatic rings. The van der Waals surface area contributed by atoms with Gasteiger partial charge in [-0.15, -0.1) is 0 Å². The molecule has 1 aliphatic rings. The van der Waals surface area contributed by atoms with Crippen molar-refractivity contribution in [3.63, 3.8) is 0 Å². The Kier molecular flexibility index (Phi) is 4.20. The summed E-state index contributed by atoms with van der Waals surface area (Å²) < 4.78 is 0. The Morgan fingerprint density at radius 1 is 1.38 bits per heavy atom. The van der Waals surface area contributed by atoms with Crippen molar-refractivity contribution in [1.82, 2.24) is 5.32 Å². The smallest absolute Gasteiger partial charge is 0.0153 e. The molecule has 78 valence electrons. The molecule has 1 fully saturated rings. The first-order valence-electron chi connectivity index (χ1n) is 5.61. The van der Waals surface area contributed by atoms with Gasteiger partial charge in [0.25, 0.3) is 0 Å². The second-order valence-electron chi connectivity index (χ2n) is 4.82. The molecule has 2 heteroatoms. The van der Waals surface area contributed by atoms with Gasteiger partial charge in [-0.1, -0.05) is 19.8 Å². The maximum Gasteiger partial charge on any atom is 0.0153 e. The van der Waals surface area contributed by atoms with Gasteiger partial charge in [0.05, 0.1) is 0 Å². The molecule has 1 atom stereocenters. The molecule has 1 unspecified atom stereocenters. The van der Waals surface area contributed by atoms with Crippen molar-refractivity contribution in [2.24, 2.45) is 11.7 Å². The lowest BCUT2D eigenvalue weighted by atomic mass is 10.00. The number of hydrogen-bond donors (Lipinski definition) is 2. The number of rotatable bonds is 5. The van der Waals surface area contributed by atoms with E-state index in [2.05, 4.69) is 19.2 Å². The Morgan fingerprint density at radius 2 is 2.00 bits per heavy atom. The molecule has 1 rings (SSSR count). The fourth-order valence-corrected chi connectivity index (χ4v) is 2.07. The molecule has 0 aliphatic heterocycles. The van der Waals surface area contributed by atoms with E-state index in [9.17, 15) is 0 Å². The largest absolute Gasteiger partial charge is 0.330 e. The van der Waals surface area contributed by atoms with Crippen LogP contribution in [-0.2, 0) is 0 Å². The first-order chi connectivity index (χ1) is 6.16. The average Bonchev–Trinajstić information content (AvgIpc) is 2.52. The van der Waals surface area contributed by atoms with Crippen molar-refractivity contribution in [1.29, 1.82) is 0 Å². The van der Waals surface area contributed by atoms with Crippen LogP contribution in [0, 0.1) is 5.92 Å². The van der Waals surface area contributed by atoms with Crippen LogP contribution in [0.25, 0.3) is 0 Å². The van der Waals surface area contributed by atoms with Gasteiger partial charge in [-0.25, -0.2) is 0 Å².